The van der Waals surface area contributed by atoms with Gasteiger partial charge in [-0.25, -0.2) is 0 Å². The van der Waals surface area contributed by atoms with E-state index in [2.05, 4.69) is 35.9 Å². The Bertz CT molecular complexity index is 814. The lowest BCUT2D eigenvalue weighted by molar-refractivity contribution is -0.130. The molecule has 0 saturated carbocycles. The third kappa shape index (κ3) is 4.68. The Morgan fingerprint density at radius 2 is 1.68 bits per heavy atom. The molecule has 6 nitrogen and oxygen atoms in total. The van der Waals surface area contributed by atoms with Crippen LogP contribution in [0.15, 0.2) is 48.8 Å². The van der Waals surface area contributed by atoms with Crippen molar-refractivity contribution in [2.45, 2.75) is 33.4 Å². The molecular weight excluding hydrogens is 352 g/mol. The fraction of sp³-hybridized carbons (Fsp3) is 0.409. The average molecular weight is 380 g/mol. The minimum atomic E-state index is -0.0269. The summed E-state index contributed by atoms with van der Waals surface area (Å²) in [5.74, 6) is 0.0326. The van der Waals surface area contributed by atoms with Gasteiger partial charge in [-0.3, -0.25) is 14.6 Å². The molecule has 28 heavy (non-hydrogen) atoms. The summed E-state index contributed by atoms with van der Waals surface area (Å²) in [4.78, 5) is 34.6. The third-order valence-electron chi connectivity index (χ3n) is 5.13. The zero-order valence-corrected chi connectivity index (χ0v) is 16.8. The molecule has 0 radical (unpaired) electrons. The van der Waals surface area contributed by atoms with Crippen molar-refractivity contribution in [1.82, 2.24) is 14.8 Å². The number of benzene rings is 1. The number of piperazine rings is 1. The summed E-state index contributed by atoms with van der Waals surface area (Å²) in [7, 11) is 0. The van der Waals surface area contributed by atoms with Crippen LogP contribution >= 0.6 is 0 Å². The lowest BCUT2D eigenvalue weighted by Gasteiger charge is -2.34. The van der Waals surface area contributed by atoms with E-state index in [1.807, 2.05) is 30.5 Å². The maximum atomic E-state index is 12.9. The molecule has 1 fully saturated rings. The molecule has 3 rings (SSSR count). The molecule has 1 aromatic heterocycles. The summed E-state index contributed by atoms with van der Waals surface area (Å²) >= 11 is 0. The van der Waals surface area contributed by atoms with Crippen LogP contribution in [0, 0.1) is 0 Å². The minimum Gasteiger partial charge on any atom is -0.364 e. The Hall–Kier alpha value is -2.89. The van der Waals surface area contributed by atoms with Crippen molar-refractivity contribution >= 4 is 17.5 Å². The number of pyridine rings is 1. The van der Waals surface area contributed by atoms with Crippen LogP contribution in [0.3, 0.4) is 0 Å². The zero-order valence-electron chi connectivity index (χ0n) is 16.8. The largest absolute Gasteiger partial charge is 0.364 e. The van der Waals surface area contributed by atoms with Gasteiger partial charge in [-0.2, -0.15) is 0 Å². The number of hydrogen-bond acceptors (Lipinski definition) is 4. The van der Waals surface area contributed by atoms with Crippen molar-refractivity contribution < 1.29 is 9.59 Å². The van der Waals surface area contributed by atoms with Gasteiger partial charge in [0, 0.05) is 51.9 Å². The molecule has 0 bridgehead atoms. The molecule has 1 saturated heterocycles. The van der Waals surface area contributed by atoms with E-state index in [0.29, 0.717) is 31.7 Å². The molecule has 0 N–H and O–H groups in total. The molecule has 0 spiro atoms. The molecular formula is C22H28N4O2. The van der Waals surface area contributed by atoms with Crippen LogP contribution in [-0.4, -0.2) is 58.8 Å². The van der Waals surface area contributed by atoms with Gasteiger partial charge >= 0.3 is 0 Å². The highest BCUT2D eigenvalue weighted by Gasteiger charge is 2.24. The molecule has 1 aliphatic rings. The number of rotatable bonds is 5. The van der Waals surface area contributed by atoms with E-state index in [4.69, 9.17) is 0 Å². The Morgan fingerprint density at radius 1 is 1.04 bits per heavy atom. The Labute approximate surface area is 166 Å². The third-order valence-corrected chi connectivity index (χ3v) is 5.13. The number of carbonyl (C=O) groups excluding carboxylic acids is 2. The van der Waals surface area contributed by atoms with Gasteiger partial charge in [0.15, 0.2) is 0 Å². The van der Waals surface area contributed by atoms with Gasteiger partial charge in [-0.15, -0.1) is 0 Å². The van der Waals surface area contributed by atoms with Crippen molar-refractivity contribution in [1.29, 1.82) is 0 Å². The van der Waals surface area contributed by atoms with Gasteiger partial charge in [0.2, 0.25) is 5.91 Å². The molecule has 6 heteroatoms. The van der Waals surface area contributed by atoms with Gasteiger partial charge < -0.3 is 14.7 Å². The highest BCUT2D eigenvalue weighted by Crippen LogP contribution is 2.21. The highest BCUT2D eigenvalue weighted by atomic mass is 16.2. The summed E-state index contributed by atoms with van der Waals surface area (Å²) < 4.78 is 0. The maximum Gasteiger partial charge on any atom is 0.255 e. The second-order valence-corrected chi connectivity index (χ2v) is 7.44. The number of hydrogen-bond donors (Lipinski definition) is 0. The van der Waals surface area contributed by atoms with E-state index in [9.17, 15) is 9.59 Å². The van der Waals surface area contributed by atoms with E-state index >= 15 is 0 Å². The topological polar surface area (TPSA) is 56.8 Å². The standard InChI is InChI=1S/C22H28N4O2/c1-17(2)26(16-19-7-5-4-6-8-19)21-13-20(14-23-15-21)22(28)25-11-9-24(10-12-25)18(3)27/h4-8,13-15,17H,9-12,16H2,1-3H3. The molecule has 0 atom stereocenters. The summed E-state index contributed by atoms with van der Waals surface area (Å²) in [5.41, 5.74) is 2.74. The molecule has 2 heterocycles. The van der Waals surface area contributed by atoms with E-state index in [1.54, 1.807) is 22.9 Å². The number of nitrogens with zero attached hydrogens (tertiary/aromatic N) is 4. The average Bonchev–Trinajstić information content (AvgIpc) is 2.72. The van der Waals surface area contributed by atoms with E-state index in [-0.39, 0.29) is 17.9 Å². The van der Waals surface area contributed by atoms with Crippen LogP contribution in [0.4, 0.5) is 5.69 Å². The van der Waals surface area contributed by atoms with E-state index in [1.165, 1.54) is 5.56 Å². The first-order chi connectivity index (χ1) is 13.5. The summed E-state index contributed by atoms with van der Waals surface area (Å²) in [5, 5.41) is 0. The molecule has 148 valence electrons. The molecule has 2 aromatic rings. The lowest BCUT2D eigenvalue weighted by Crippen LogP contribution is -2.50. The molecule has 0 unspecified atom stereocenters. The first kappa shape index (κ1) is 19.9. The van der Waals surface area contributed by atoms with E-state index in [0.717, 1.165) is 12.2 Å². The van der Waals surface area contributed by atoms with Crippen LogP contribution in [0.5, 0.6) is 0 Å². The van der Waals surface area contributed by atoms with Crippen molar-refractivity contribution in [3.8, 4) is 0 Å². The smallest absolute Gasteiger partial charge is 0.255 e. The van der Waals surface area contributed by atoms with Crippen LogP contribution in [0.1, 0.15) is 36.7 Å². The number of anilines is 1. The quantitative estimate of drug-likeness (QED) is 0.800. The van der Waals surface area contributed by atoms with Gasteiger partial charge in [0.05, 0.1) is 17.4 Å². The number of aromatic nitrogens is 1. The molecule has 1 aliphatic heterocycles. The fourth-order valence-corrected chi connectivity index (χ4v) is 3.46. The van der Waals surface area contributed by atoms with Gasteiger partial charge in [0.25, 0.3) is 5.91 Å². The SMILES string of the molecule is CC(=O)N1CCN(C(=O)c2cncc(N(Cc3ccccc3)C(C)C)c2)CC1. The van der Waals surface area contributed by atoms with Crippen molar-refractivity contribution in [3.63, 3.8) is 0 Å². The Morgan fingerprint density at radius 3 is 2.29 bits per heavy atom. The first-order valence-corrected chi connectivity index (χ1v) is 9.76. The Balaban J connectivity index is 1.75. The van der Waals surface area contributed by atoms with Gasteiger partial charge in [-0.05, 0) is 25.5 Å². The van der Waals surface area contributed by atoms with Gasteiger partial charge in [-0.1, -0.05) is 30.3 Å². The second-order valence-electron chi connectivity index (χ2n) is 7.44. The van der Waals surface area contributed by atoms with Crippen molar-refractivity contribution in [2.24, 2.45) is 0 Å². The molecule has 1 aromatic carbocycles. The monoisotopic (exact) mass is 380 g/mol. The predicted molar refractivity (Wildman–Crippen MR) is 110 cm³/mol. The molecule has 2 amide bonds. The van der Waals surface area contributed by atoms with E-state index < -0.39 is 0 Å². The second kappa shape index (κ2) is 8.87. The molecule has 0 aliphatic carbocycles. The fourth-order valence-electron chi connectivity index (χ4n) is 3.46. The lowest BCUT2D eigenvalue weighted by atomic mass is 10.1. The number of amides is 2. The first-order valence-electron chi connectivity index (χ1n) is 9.76. The minimum absolute atomic E-state index is 0.0269. The van der Waals surface area contributed by atoms with Gasteiger partial charge in [0.1, 0.15) is 0 Å². The summed E-state index contributed by atoms with van der Waals surface area (Å²) in [6.45, 7) is 8.88. The predicted octanol–water partition coefficient (Wildman–Crippen LogP) is 2.80. The summed E-state index contributed by atoms with van der Waals surface area (Å²) in [6, 6.07) is 12.5. The number of carbonyl (C=O) groups is 2. The normalized spacial score (nSPS) is 14.3. The summed E-state index contributed by atoms with van der Waals surface area (Å²) in [6.07, 6.45) is 3.44. The van der Waals surface area contributed by atoms with Crippen LogP contribution < -0.4 is 4.90 Å². The van der Waals surface area contributed by atoms with Crippen molar-refractivity contribution in [3.05, 3.63) is 59.9 Å². The Kier molecular flexibility index (Phi) is 6.29. The highest BCUT2D eigenvalue weighted by molar-refractivity contribution is 5.95. The van der Waals surface area contributed by atoms with Crippen LogP contribution in [-0.2, 0) is 11.3 Å². The van der Waals surface area contributed by atoms with Crippen LogP contribution in [0.2, 0.25) is 0 Å². The van der Waals surface area contributed by atoms with Crippen LogP contribution in [0.25, 0.3) is 0 Å². The van der Waals surface area contributed by atoms with Crippen molar-refractivity contribution in [2.75, 3.05) is 31.1 Å². The zero-order chi connectivity index (χ0) is 20.1. The maximum absolute atomic E-state index is 12.9.